The highest BCUT2D eigenvalue weighted by Crippen LogP contribution is 2.25. The van der Waals surface area contributed by atoms with Gasteiger partial charge < -0.3 is 4.43 Å². The van der Waals surface area contributed by atoms with E-state index in [2.05, 4.69) is 27.7 Å². The minimum atomic E-state index is -1.35. The molecule has 28 heavy (non-hydrogen) atoms. The normalized spacial score (nSPS) is 12.0. The van der Waals surface area contributed by atoms with Gasteiger partial charge in [0.05, 0.1) is 0 Å². The van der Waals surface area contributed by atoms with E-state index in [1.807, 2.05) is 0 Å². The molecule has 170 valence electrons. The molecule has 2 heteroatoms. The van der Waals surface area contributed by atoms with Gasteiger partial charge in [-0.1, -0.05) is 136 Å². The van der Waals surface area contributed by atoms with E-state index in [-0.39, 0.29) is 0 Å². The second-order valence-electron chi connectivity index (χ2n) is 9.08. The summed E-state index contributed by atoms with van der Waals surface area (Å²) in [7, 11) is -1.35. The maximum atomic E-state index is 6.20. The van der Waals surface area contributed by atoms with Crippen LogP contribution in [-0.2, 0) is 4.43 Å². The maximum absolute atomic E-state index is 6.20. The van der Waals surface area contributed by atoms with E-state index in [1.54, 1.807) is 0 Å². The Morgan fingerprint density at radius 3 is 1.04 bits per heavy atom. The average Bonchev–Trinajstić information content (AvgIpc) is 2.72. The maximum Gasteiger partial charge on any atom is 0.192 e. The third kappa shape index (κ3) is 17.1. The number of unbranched alkanes of at least 4 members (excludes halogenated alkanes) is 17. The van der Waals surface area contributed by atoms with Crippen molar-refractivity contribution in [2.45, 2.75) is 161 Å². The molecule has 0 aromatic carbocycles. The van der Waals surface area contributed by atoms with Gasteiger partial charge in [0.25, 0.3) is 0 Å². The van der Waals surface area contributed by atoms with Gasteiger partial charge in [-0.2, -0.15) is 0 Å². The van der Waals surface area contributed by atoms with Gasteiger partial charge in [0, 0.05) is 6.61 Å². The summed E-state index contributed by atoms with van der Waals surface area (Å²) in [5.74, 6) is 0. The van der Waals surface area contributed by atoms with Crippen molar-refractivity contribution >= 4 is 8.32 Å². The molecule has 0 aliphatic carbocycles. The van der Waals surface area contributed by atoms with Crippen LogP contribution in [0.2, 0.25) is 18.1 Å². The van der Waals surface area contributed by atoms with Gasteiger partial charge in [0.15, 0.2) is 8.32 Å². The van der Waals surface area contributed by atoms with Crippen LogP contribution >= 0.6 is 0 Å². The zero-order valence-corrected chi connectivity index (χ0v) is 21.5. The van der Waals surface area contributed by atoms with Crippen LogP contribution in [0.3, 0.4) is 0 Å². The molecule has 0 radical (unpaired) electrons. The van der Waals surface area contributed by atoms with Crippen molar-refractivity contribution in [3.63, 3.8) is 0 Å². The van der Waals surface area contributed by atoms with E-state index in [9.17, 15) is 0 Å². The molecule has 0 atom stereocenters. The first-order valence-electron chi connectivity index (χ1n) is 13.4. The van der Waals surface area contributed by atoms with Gasteiger partial charge in [0.2, 0.25) is 0 Å². The highest BCUT2D eigenvalue weighted by atomic mass is 28.4. The largest absolute Gasteiger partial charge is 0.417 e. The predicted octanol–water partition coefficient (Wildman–Crippen LogP) is 10.0. The van der Waals surface area contributed by atoms with Crippen molar-refractivity contribution in [3.8, 4) is 0 Å². The summed E-state index contributed by atoms with van der Waals surface area (Å²) in [6.07, 6.45) is 26.3. The van der Waals surface area contributed by atoms with Gasteiger partial charge in [-0.3, -0.25) is 0 Å². The first-order valence-corrected chi connectivity index (χ1v) is 15.9. The first kappa shape index (κ1) is 28.2. The summed E-state index contributed by atoms with van der Waals surface area (Å²) in [4.78, 5) is 0. The third-order valence-electron chi connectivity index (χ3n) is 6.73. The lowest BCUT2D eigenvalue weighted by molar-refractivity contribution is 0.318. The molecule has 0 rings (SSSR count). The average molecular weight is 413 g/mol. The van der Waals surface area contributed by atoms with Crippen LogP contribution in [0, 0.1) is 0 Å². The van der Waals surface area contributed by atoms with Gasteiger partial charge in [0.1, 0.15) is 0 Å². The number of hydrogen-bond acceptors (Lipinski definition) is 1. The molecule has 0 aliphatic rings. The fourth-order valence-corrected chi connectivity index (χ4v) is 7.80. The van der Waals surface area contributed by atoms with Crippen molar-refractivity contribution in [1.82, 2.24) is 0 Å². The van der Waals surface area contributed by atoms with Crippen LogP contribution in [0.15, 0.2) is 0 Å². The Kier molecular flexibility index (Phi) is 22.0. The molecule has 0 aliphatic heterocycles. The summed E-state index contributed by atoms with van der Waals surface area (Å²) in [5.41, 5.74) is 0. The molecule has 0 N–H and O–H groups in total. The van der Waals surface area contributed by atoms with Gasteiger partial charge in [-0.05, 0) is 25.1 Å². The topological polar surface area (TPSA) is 9.23 Å². The Hall–Kier alpha value is 0.177. The summed E-state index contributed by atoms with van der Waals surface area (Å²) in [6, 6.07) is 4.00. The highest BCUT2D eigenvalue weighted by Gasteiger charge is 2.29. The minimum absolute atomic E-state index is 0.924. The zero-order valence-electron chi connectivity index (χ0n) is 20.5. The van der Waals surface area contributed by atoms with Crippen molar-refractivity contribution < 1.29 is 4.43 Å². The lowest BCUT2D eigenvalue weighted by Gasteiger charge is -2.28. The van der Waals surface area contributed by atoms with E-state index in [0.717, 1.165) is 6.61 Å². The Bertz CT molecular complexity index is 288. The molecular weight excluding hydrogens is 356 g/mol. The molecule has 0 saturated heterocycles. The van der Waals surface area contributed by atoms with E-state index in [1.165, 1.54) is 134 Å². The van der Waals surface area contributed by atoms with Crippen molar-refractivity contribution in [2.75, 3.05) is 6.61 Å². The monoisotopic (exact) mass is 412 g/mol. The van der Waals surface area contributed by atoms with E-state index < -0.39 is 8.32 Å². The molecule has 0 aromatic heterocycles. The first-order chi connectivity index (χ1) is 13.7. The van der Waals surface area contributed by atoms with Crippen molar-refractivity contribution in [1.29, 1.82) is 0 Å². The lowest BCUT2D eigenvalue weighted by atomic mass is 10.0. The Morgan fingerprint density at radius 2 is 0.750 bits per heavy atom. The van der Waals surface area contributed by atoms with E-state index >= 15 is 0 Å². The summed E-state index contributed by atoms with van der Waals surface area (Å²) in [6.45, 7) is 10.1. The molecule has 0 bridgehead atoms. The lowest BCUT2D eigenvalue weighted by Crippen LogP contribution is -2.36. The predicted molar refractivity (Wildman–Crippen MR) is 132 cm³/mol. The van der Waals surface area contributed by atoms with Crippen LogP contribution in [0.25, 0.3) is 0 Å². The second-order valence-corrected chi connectivity index (χ2v) is 13.7. The molecule has 0 fully saturated rings. The van der Waals surface area contributed by atoms with Gasteiger partial charge >= 0.3 is 0 Å². The molecule has 0 heterocycles. The molecule has 0 saturated carbocycles. The third-order valence-corrected chi connectivity index (χ3v) is 11.5. The SMILES string of the molecule is CCCCCCCCCCCCCCCCCCCC[Si](CC)(CC)OCC. The van der Waals surface area contributed by atoms with Crippen molar-refractivity contribution in [3.05, 3.63) is 0 Å². The fourth-order valence-electron chi connectivity index (χ4n) is 4.53. The van der Waals surface area contributed by atoms with Crippen LogP contribution in [0.4, 0.5) is 0 Å². The van der Waals surface area contributed by atoms with E-state index in [0.29, 0.717) is 0 Å². The fraction of sp³-hybridized carbons (Fsp3) is 1.00. The summed E-state index contributed by atoms with van der Waals surface area (Å²) >= 11 is 0. The summed E-state index contributed by atoms with van der Waals surface area (Å²) < 4.78 is 6.20. The molecular formula is C26H56OSi. The number of rotatable bonds is 23. The van der Waals surface area contributed by atoms with Crippen LogP contribution < -0.4 is 0 Å². The molecule has 0 spiro atoms. The Morgan fingerprint density at radius 1 is 0.429 bits per heavy atom. The standard InChI is InChI=1S/C26H56OSi/c1-5-9-10-11-12-13-14-15-16-17-18-19-20-21-22-23-24-25-26-28(7-3,8-4)27-6-2/h5-26H2,1-4H3. The van der Waals surface area contributed by atoms with Crippen LogP contribution in [0.1, 0.15) is 143 Å². The molecule has 0 amide bonds. The highest BCUT2D eigenvalue weighted by molar-refractivity contribution is 6.73. The summed E-state index contributed by atoms with van der Waals surface area (Å²) in [5, 5.41) is 0. The Balaban J connectivity index is 3.25. The smallest absolute Gasteiger partial charge is 0.192 e. The molecule has 0 unspecified atom stereocenters. The Labute approximate surface area is 180 Å². The quantitative estimate of drug-likeness (QED) is 0.120. The molecule has 1 nitrogen and oxygen atoms in total. The second kappa shape index (κ2) is 21.9. The zero-order chi connectivity index (χ0) is 20.8. The van der Waals surface area contributed by atoms with E-state index in [4.69, 9.17) is 4.43 Å². The van der Waals surface area contributed by atoms with Crippen LogP contribution in [0.5, 0.6) is 0 Å². The van der Waals surface area contributed by atoms with Crippen LogP contribution in [-0.4, -0.2) is 14.9 Å². The number of hydrogen-bond donors (Lipinski definition) is 0. The van der Waals surface area contributed by atoms with Crippen molar-refractivity contribution in [2.24, 2.45) is 0 Å². The van der Waals surface area contributed by atoms with Gasteiger partial charge in [-0.25, -0.2) is 0 Å². The molecule has 0 aromatic rings. The minimum Gasteiger partial charge on any atom is -0.417 e. The van der Waals surface area contributed by atoms with Gasteiger partial charge in [-0.15, -0.1) is 0 Å².